The van der Waals surface area contributed by atoms with Crippen molar-refractivity contribution in [2.45, 2.75) is 43.1 Å². The van der Waals surface area contributed by atoms with Crippen molar-refractivity contribution in [3.63, 3.8) is 0 Å². The molecular formula is C15H20Cl3N3OS. The van der Waals surface area contributed by atoms with Gasteiger partial charge in [-0.2, -0.15) is 0 Å². The van der Waals surface area contributed by atoms with Crippen molar-refractivity contribution >= 4 is 63.7 Å². The minimum absolute atomic E-state index is 0.200. The molecule has 128 valence electrons. The number of nitrogens with one attached hydrogen (secondary N) is 3. The number of alkyl halides is 3. The number of carbonyl (C=O) groups is 1. The number of carbonyl (C=O) groups excluding carboxylic acids is 1. The molecular weight excluding hydrogens is 377 g/mol. The van der Waals surface area contributed by atoms with E-state index in [1.807, 2.05) is 38.1 Å². The number of hydrogen-bond donors (Lipinski definition) is 3. The fourth-order valence-electron chi connectivity index (χ4n) is 1.79. The molecule has 0 saturated carbocycles. The highest BCUT2D eigenvalue weighted by Gasteiger charge is 2.34. The van der Waals surface area contributed by atoms with Crippen LogP contribution in [-0.4, -0.2) is 21.0 Å². The number of thiocarbonyl (C=S) groups is 1. The van der Waals surface area contributed by atoms with Gasteiger partial charge in [0.2, 0.25) is 9.70 Å². The second-order valence-electron chi connectivity index (χ2n) is 5.11. The third-order valence-corrected chi connectivity index (χ3v) is 3.82. The maximum absolute atomic E-state index is 11.9. The first-order valence-electron chi connectivity index (χ1n) is 7.22. The van der Waals surface area contributed by atoms with E-state index in [0.29, 0.717) is 6.42 Å². The first-order valence-corrected chi connectivity index (χ1v) is 8.77. The Labute approximate surface area is 157 Å². The Hall–Kier alpha value is -0.750. The van der Waals surface area contributed by atoms with Crippen LogP contribution in [-0.2, 0) is 4.79 Å². The van der Waals surface area contributed by atoms with Gasteiger partial charge in [0.05, 0.1) is 0 Å². The molecule has 1 aromatic carbocycles. The molecule has 0 heterocycles. The Morgan fingerprint density at radius 2 is 2.00 bits per heavy atom. The summed E-state index contributed by atoms with van der Waals surface area (Å²) in [7, 11) is 0. The number of aryl methyl sites for hydroxylation is 1. The number of unbranched alkanes of at least 4 members (excludes halogenated alkanes) is 1. The number of amides is 1. The first kappa shape index (κ1) is 20.3. The lowest BCUT2D eigenvalue weighted by Gasteiger charge is -2.27. The predicted molar refractivity (Wildman–Crippen MR) is 102 cm³/mol. The van der Waals surface area contributed by atoms with Crippen LogP contribution in [0, 0.1) is 6.92 Å². The Bertz CT molecular complexity index is 549. The van der Waals surface area contributed by atoms with E-state index < -0.39 is 9.96 Å². The van der Waals surface area contributed by atoms with Crippen molar-refractivity contribution < 1.29 is 4.79 Å². The van der Waals surface area contributed by atoms with Crippen LogP contribution in [0.5, 0.6) is 0 Å². The fraction of sp³-hybridized carbons (Fsp3) is 0.467. The molecule has 1 atom stereocenters. The van der Waals surface area contributed by atoms with Crippen molar-refractivity contribution in [3.05, 3.63) is 29.8 Å². The highest BCUT2D eigenvalue weighted by molar-refractivity contribution is 7.80. The zero-order chi connectivity index (χ0) is 17.5. The van der Waals surface area contributed by atoms with Gasteiger partial charge in [-0.3, -0.25) is 4.79 Å². The summed E-state index contributed by atoms with van der Waals surface area (Å²) < 4.78 is -1.74. The molecule has 1 rings (SSSR count). The van der Waals surface area contributed by atoms with Gasteiger partial charge >= 0.3 is 0 Å². The zero-order valence-corrected chi connectivity index (χ0v) is 16.0. The first-order chi connectivity index (χ1) is 10.7. The van der Waals surface area contributed by atoms with Crippen LogP contribution in [0.3, 0.4) is 0 Å². The van der Waals surface area contributed by atoms with Gasteiger partial charge in [0.25, 0.3) is 0 Å². The molecule has 1 aromatic rings. The monoisotopic (exact) mass is 395 g/mol. The molecule has 0 radical (unpaired) electrons. The number of hydrogen-bond acceptors (Lipinski definition) is 2. The molecule has 0 bridgehead atoms. The number of anilines is 1. The minimum atomic E-state index is -1.74. The van der Waals surface area contributed by atoms with Crippen molar-refractivity contribution in [2.75, 3.05) is 5.32 Å². The van der Waals surface area contributed by atoms with E-state index in [4.69, 9.17) is 47.0 Å². The van der Waals surface area contributed by atoms with Gasteiger partial charge in [0.15, 0.2) is 5.11 Å². The van der Waals surface area contributed by atoms with E-state index in [0.717, 1.165) is 24.1 Å². The van der Waals surface area contributed by atoms with Crippen LogP contribution in [0.2, 0.25) is 0 Å². The fourth-order valence-corrected chi connectivity index (χ4v) is 2.35. The number of halogens is 3. The van der Waals surface area contributed by atoms with Gasteiger partial charge in [-0.05, 0) is 43.3 Å². The quantitative estimate of drug-likeness (QED) is 0.381. The molecule has 0 spiro atoms. The van der Waals surface area contributed by atoms with Crippen LogP contribution >= 0.6 is 47.0 Å². The zero-order valence-electron chi connectivity index (χ0n) is 13.0. The Kier molecular flexibility index (Phi) is 8.40. The van der Waals surface area contributed by atoms with Crippen molar-refractivity contribution in [1.82, 2.24) is 10.6 Å². The number of rotatable bonds is 6. The summed E-state index contributed by atoms with van der Waals surface area (Å²) >= 11 is 23.0. The van der Waals surface area contributed by atoms with E-state index in [-0.39, 0.29) is 11.0 Å². The largest absolute Gasteiger partial charge is 0.339 e. The average Bonchev–Trinajstić information content (AvgIpc) is 2.43. The van der Waals surface area contributed by atoms with Crippen LogP contribution in [0.15, 0.2) is 24.3 Å². The normalized spacial score (nSPS) is 12.4. The Morgan fingerprint density at radius 3 is 2.57 bits per heavy atom. The summed E-state index contributed by atoms with van der Waals surface area (Å²) in [5.41, 5.74) is 1.89. The molecule has 3 N–H and O–H groups in total. The van der Waals surface area contributed by atoms with Crippen molar-refractivity contribution in [1.29, 1.82) is 0 Å². The van der Waals surface area contributed by atoms with Crippen molar-refractivity contribution in [2.24, 2.45) is 0 Å². The molecule has 4 nitrogen and oxygen atoms in total. The summed E-state index contributed by atoms with van der Waals surface area (Å²) in [4.78, 5) is 11.9. The highest BCUT2D eigenvalue weighted by Crippen LogP contribution is 2.29. The van der Waals surface area contributed by atoms with E-state index in [2.05, 4.69) is 16.0 Å². The van der Waals surface area contributed by atoms with Gasteiger partial charge in [-0.25, -0.2) is 0 Å². The standard InChI is InChI=1S/C15H20Cl3N3OS/c1-3-4-8-12(22)20-13(15(16,17)18)21-14(23)19-11-7-5-6-10(2)9-11/h5-7,9,13H,3-4,8H2,1-2H3,(H,20,22)(H2,19,21,23)/t13-/m1/s1. The molecule has 0 aliphatic rings. The SMILES string of the molecule is CCCCC(=O)N[C@H](NC(=S)Nc1cccc(C)c1)C(Cl)(Cl)Cl. The molecule has 0 aliphatic heterocycles. The summed E-state index contributed by atoms with van der Waals surface area (Å²) in [6.45, 7) is 3.97. The molecule has 1 amide bonds. The van der Waals surface area contributed by atoms with Crippen LogP contribution in [0.1, 0.15) is 31.7 Å². The van der Waals surface area contributed by atoms with E-state index >= 15 is 0 Å². The van der Waals surface area contributed by atoms with E-state index in [1.165, 1.54) is 0 Å². The van der Waals surface area contributed by atoms with E-state index in [9.17, 15) is 4.79 Å². The topological polar surface area (TPSA) is 53.2 Å². The molecule has 0 unspecified atom stereocenters. The lowest BCUT2D eigenvalue weighted by molar-refractivity contribution is -0.122. The summed E-state index contributed by atoms with van der Waals surface area (Å²) in [5, 5.41) is 8.72. The minimum Gasteiger partial charge on any atom is -0.339 e. The third-order valence-electron chi connectivity index (χ3n) is 2.94. The summed E-state index contributed by atoms with van der Waals surface area (Å²) in [5.74, 6) is -0.200. The molecule has 23 heavy (non-hydrogen) atoms. The predicted octanol–water partition coefficient (Wildman–Crippen LogP) is 4.28. The highest BCUT2D eigenvalue weighted by atomic mass is 35.6. The molecule has 0 saturated heterocycles. The Morgan fingerprint density at radius 1 is 1.30 bits per heavy atom. The smallest absolute Gasteiger partial charge is 0.228 e. The lowest BCUT2D eigenvalue weighted by atomic mass is 10.2. The lowest BCUT2D eigenvalue weighted by Crippen LogP contribution is -2.56. The summed E-state index contributed by atoms with van der Waals surface area (Å²) in [6.07, 6.45) is 1.12. The van der Waals surface area contributed by atoms with Gasteiger partial charge in [-0.1, -0.05) is 60.3 Å². The third kappa shape index (κ3) is 8.06. The van der Waals surface area contributed by atoms with Gasteiger partial charge < -0.3 is 16.0 Å². The maximum atomic E-state index is 11.9. The summed E-state index contributed by atoms with van der Waals surface area (Å²) in [6, 6.07) is 7.67. The Balaban J connectivity index is 2.66. The molecule has 0 aliphatic carbocycles. The molecule has 0 fully saturated rings. The maximum Gasteiger partial charge on any atom is 0.228 e. The number of benzene rings is 1. The van der Waals surface area contributed by atoms with Crippen LogP contribution < -0.4 is 16.0 Å². The molecule has 0 aromatic heterocycles. The second-order valence-corrected chi connectivity index (χ2v) is 7.89. The van der Waals surface area contributed by atoms with Crippen molar-refractivity contribution in [3.8, 4) is 0 Å². The van der Waals surface area contributed by atoms with E-state index in [1.54, 1.807) is 0 Å². The van der Waals surface area contributed by atoms with Gasteiger partial charge in [-0.15, -0.1) is 0 Å². The van der Waals surface area contributed by atoms with Gasteiger partial charge in [0, 0.05) is 12.1 Å². The average molecular weight is 397 g/mol. The molecule has 8 heteroatoms. The second kappa shape index (κ2) is 9.52. The van der Waals surface area contributed by atoms with Crippen LogP contribution in [0.4, 0.5) is 5.69 Å². The van der Waals surface area contributed by atoms with Crippen LogP contribution in [0.25, 0.3) is 0 Å². The van der Waals surface area contributed by atoms with Gasteiger partial charge in [0.1, 0.15) is 6.17 Å².